The summed E-state index contributed by atoms with van der Waals surface area (Å²) in [5, 5.41) is 0.674. The van der Waals surface area contributed by atoms with E-state index in [4.69, 9.17) is 11.6 Å². The van der Waals surface area contributed by atoms with Crippen LogP contribution in [0.5, 0.6) is 0 Å². The Kier molecular flexibility index (Phi) is 2.43. The summed E-state index contributed by atoms with van der Waals surface area (Å²) in [7, 11) is 0. The van der Waals surface area contributed by atoms with Gasteiger partial charge >= 0.3 is 0 Å². The molecule has 0 aliphatic carbocycles. The second kappa shape index (κ2) is 3.73. The molecule has 1 heterocycles. The maximum atomic E-state index is 11.2. The van der Waals surface area contributed by atoms with E-state index in [1.165, 1.54) is 0 Å². The second-order valence-corrected chi connectivity index (χ2v) is 3.49. The smallest absolute Gasteiger partial charge is 0.298 e. The van der Waals surface area contributed by atoms with E-state index in [1.807, 2.05) is 0 Å². The lowest BCUT2D eigenvalue weighted by Gasteiger charge is -1.91. The van der Waals surface area contributed by atoms with Gasteiger partial charge in [-0.05, 0) is 24.3 Å². The fraction of sp³-hybridized carbons (Fsp3) is 0.182. The van der Waals surface area contributed by atoms with Crippen molar-refractivity contribution in [1.82, 2.24) is 4.90 Å². The summed E-state index contributed by atoms with van der Waals surface area (Å²) in [4.78, 5) is 12.9. The molecule has 1 aliphatic heterocycles. The lowest BCUT2D eigenvalue weighted by atomic mass is 10.2. The summed E-state index contributed by atoms with van der Waals surface area (Å²) in [6.45, 7) is 1.68. The number of nitrogens with zero attached hydrogens (tertiary/aromatic N) is 1. The molecule has 1 amide bonds. The summed E-state index contributed by atoms with van der Waals surface area (Å²) in [6, 6.07) is 7.11. The van der Waals surface area contributed by atoms with Gasteiger partial charge in [-0.25, -0.2) is 0 Å². The summed E-state index contributed by atoms with van der Waals surface area (Å²) in [5.74, 6) is 5.27. The predicted octanol–water partition coefficient (Wildman–Crippen LogP) is 1.53. The molecule has 0 radical (unpaired) electrons. The van der Waals surface area contributed by atoms with Crippen LogP contribution in [0.2, 0.25) is 5.02 Å². The molecule has 0 N–H and O–H groups in total. The minimum absolute atomic E-state index is 0.0973. The number of carbonyl (C=O) groups excluding carboxylic acids is 1. The monoisotopic (exact) mass is 205 g/mol. The molecular formula is C11H8ClNO. The van der Waals surface area contributed by atoms with E-state index < -0.39 is 0 Å². The third kappa shape index (κ3) is 2.27. The highest BCUT2D eigenvalue weighted by Crippen LogP contribution is 2.08. The van der Waals surface area contributed by atoms with Gasteiger partial charge in [0.05, 0.1) is 0 Å². The highest BCUT2D eigenvalue weighted by atomic mass is 35.5. The van der Waals surface area contributed by atoms with Gasteiger partial charge in [0.1, 0.15) is 0 Å². The Morgan fingerprint density at radius 1 is 1.29 bits per heavy atom. The lowest BCUT2D eigenvalue weighted by Crippen LogP contribution is -2.06. The van der Waals surface area contributed by atoms with Gasteiger partial charge in [-0.2, -0.15) is 0 Å². The quantitative estimate of drug-likeness (QED) is 0.465. The van der Waals surface area contributed by atoms with Gasteiger partial charge in [0, 0.05) is 29.6 Å². The Balaban J connectivity index is 2.08. The number of hydrogen-bond donors (Lipinski definition) is 0. The van der Waals surface area contributed by atoms with Crippen molar-refractivity contribution < 1.29 is 4.79 Å². The number of carbonyl (C=O) groups is 1. The van der Waals surface area contributed by atoms with Gasteiger partial charge in [0.25, 0.3) is 5.91 Å². The molecule has 1 aliphatic rings. The van der Waals surface area contributed by atoms with Crippen LogP contribution in [-0.4, -0.2) is 23.9 Å². The van der Waals surface area contributed by atoms with Crippen LogP contribution < -0.4 is 0 Å². The standard InChI is InChI=1S/C11H8ClNO/c12-10-4-1-9(2-5-10)3-6-11(14)13-7-8-13/h1-2,4-5H,7-8H2. The Labute approximate surface area is 87.5 Å². The van der Waals surface area contributed by atoms with Crippen LogP contribution >= 0.6 is 11.6 Å². The van der Waals surface area contributed by atoms with Crippen LogP contribution in [0, 0.1) is 11.8 Å². The molecule has 3 heteroatoms. The predicted molar refractivity (Wildman–Crippen MR) is 54.9 cm³/mol. The Hall–Kier alpha value is -1.46. The maximum Gasteiger partial charge on any atom is 0.298 e. The molecule has 70 valence electrons. The van der Waals surface area contributed by atoms with E-state index in [1.54, 1.807) is 29.2 Å². The molecule has 0 bridgehead atoms. The molecule has 1 saturated heterocycles. The highest BCUT2D eigenvalue weighted by molar-refractivity contribution is 6.30. The minimum Gasteiger partial charge on any atom is -0.328 e. The lowest BCUT2D eigenvalue weighted by molar-refractivity contribution is -0.119. The Morgan fingerprint density at radius 2 is 1.93 bits per heavy atom. The van der Waals surface area contributed by atoms with Crippen molar-refractivity contribution in [1.29, 1.82) is 0 Å². The van der Waals surface area contributed by atoms with E-state index >= 15 is 0 Å². The molecule has 14 heavy (non-hydrogen) atoms. The van der Waals surface area contributed by atoms with Crippen LogP contribution in [0.3, 0.4) is 0 Å². The molecule has 0 saturated carbocycles. The first kappa shape index (κ1) is 9.11. The third-order valence-corrected chi connectivity index (χ3v) is 2.14. The van der Waals surface area contributed by atoms with E-state index in [2.05, 4.69) is 11.8 Å². The molecule has 2 rings (SSSR count). The van der Waals surface area contributed by atoms with Crippen molar-refractivity contribution in [2.75, 3.05) is 13.1 Å². The van der Waals surface area contributed by atoms with Crippen LogP contribution in [0.25, 0.3) is 0 Å². The largest absolute Gasteiger partial charge is 0.328 e. The van der Waals surface area contributed by atoms with Crippen molar-refractivity contribution >= 4 is 17.5 Å². The van der Waals surface area contributed by atoms with E-state index in [0.717, 1.165) is 18.7 Å². The van der Waals surface area contributed by atoms with Gasteiger partial charge in [0.15, 0.2) is 0 Å². The molecular weight excluding hydrogens is 198 g/mol. The van der Waals surface area contributed by atoms with Gasteiger partial charge in [-0.1, -0.05) is 17.5 Å². The van der Waals surface area contributed by atoms with Gasteiger partial charge in [-0.15, -0.1) is 0 Å². The minimum atomic E-state index is -0.0973. The molecule has 1 aromatic rings. The molecule has 0 spiro atoms. The van der Waals surface area contributed by atoms with Gasteiger partial charge < -0.3 is 4.90 Å². The first-order valence-corrected chi connectivity index (χ1v) is 4.70. The molecule has 1 aromatic carbocycles. The normalized spacial score (nSPS) is 13.1. The topological polar surface area (TPSA) is 20.1 Å². The van der Waals surface area contributed by atoms with E-state index in [-0.39, 0.29) is 5.91 Å². The summed E-state index contributed by atoms with van der Waals surface area (Å²) < 4.78 is 0. The Bertz CT molecular complexity index is 409. The maximum absolute atomic E-state index is 11.2. The zero-order chi connectivity index (χ0) is 9.97. The number of halogens is 1. The molecule has 0 unspecified atom stereocenters. The summed E-state index contributed by atoms with van der Waals surface area (Å²) >= 11 is 5.71. The van der Waals surface area contributed by atoms with E-state index in [9.17, 15) is 4.79 Å². The van der Waals surface area contributed by atoms with Crippen molar-refractivity contribution in [3.63, 3.8) is 0 Å². The van der Waals surface area contributed by atoms with Crippen LogP contribution in [0.1, 0.15) is 5.56 Å². The number of amides is 1. The van der Waals surface area contributed by atoms with Crippen molar-refractivity contribution in [2.45, 2.75) is 0 Å². The number of rotatable bonds is 0. The third-order valence-electron chi connectivity index (χ3n) is 1.89. The molecule has 0 aromatic heterocycles. The van der Waals surface area contributed by atoms with Crippen molar-refractivity contribution in [3.8, 4) is 11.8 Å². The average Bonchev–Trinajstić information content (AvgIpc) is 3.00. The van der Waals surface area contributed by atoms with Gasteiger partial charge in [-0.3, -0.25) is 4.79 Å². The van der Waals surface area contributed by atoms with Gasteiger partial charge in [0.2, 0.25) is 0 Å². The highest BCUT2D eigenvalue weighted by Gasteiger charge is 2.21. The summed E-state index contributed by atoms with van der Waals surface area (Å²) in [5.41, 5.74) is 0.810. The number of benzene rings is 1. The molecule has 1 fully saturated rings. The fourth-order valence-electron chi connectivity index (χ4n) is 0.991. The van der Waals surface area contributed by atoms with Crippen LogP contribution in [0.4, 0.5) is 0 Å². The fourth-order valence-corrected chi connectivity index (χ4v) is 1.12. The van der Waals surface area contributed by atoms with Crippen molar-refractivity contribution in [3.05, 3.63) is 34.9 Å². The SMILES string of the molecule is O=C(C#Cc1ccc(Cl)cc1)N1CC1. The molecule has 2 nitrogen and oxygen atoms in total. The Morgan fingerprint density at radius 3 is 2.50 bits per heavy atom. The summed E-state index contributed by atoms with van der Waals surface area (Å²) in [6.07, 6.45) is 0. The second-order valence-electron chi connectivity index (χ2n) is 3.05. The van der Waals surface area contributed by atoms with E-state index in [0.29, 0.717) is 5.02 Å². The first-order chi connectivity index (χ1) is 6.75. The van der Waals surface area contributed by atoms with Crippen LogP contribution in [-0.2, 0) is 4.79 Å². The zero-order valence-electron chi connectivity index (χ0n) is 7.46. The van der Waals surface area contributed by atoms with Crippen LogP contribution in [0.15, 0.2) is 24.3 Å². The average molecular weight is 206 g/mol. The van der Waals surface area contributed by atoms with Crippen molar-refractivity contribution in [2.24, 2.45) is 0 Å². The zero-order valence-corrected chi connectivity index (χ0v) is 8.21. The first-order valence-electron chi connectivity index (χ1n) is 4.32. The number of hydrogen-bond acceptors (Lipinski definition) is 1. The molecule has 0 atom stereocenters.